The van der Waals surface area contributed by atoms with Crippen molar-refractivity contribution in [3.8, 4) is 0 Å². The summed E-state index contributed by atoms with van der Waals surface area (Å²) < 4.78 is 6.70. The second-order valence-corrected chi connectivity index (χ2v) is 8.01. The van der Waals surface area contributed by atoms with Crippen molar-refractivity contribution in [1.82, 2.24) is 0 Å². The maximum Gasteiger partial charge on any atom is 0.169 e. The molecule has 1 aliphatic rings. The third kappa shape index (κ3) is 3.29. The lowest BCUT2D eigenvalue weighted by atomic mass is 9.69. The van der Waals surface area contributed by atoms with Crippen molar-refractivity contribution >= 4 is 33.0 Å². The molecule has 2 rings (SSSR count). The molecule has 1 aliphatic carbocycles. The van der Waals surface area contributed by atoms with Crippen LogP contribution in [0.3, 0.4) is 0 Å². The summed E-state index contributed by atoms with van der Waals surface area (Å²) in [7, 11) is 1.68. The first-order valence-corrected chi connectivity index (χ1v) is 8.36. The Morgan fingerprint density at radius 2 is 2.00 bits per heavy atom. The van der Waals surface area contributed by atoms with Crippen molar-refractivity contribution in [3.63, 3.8) is 0 Å². The van der Waals surface area contributed by atoms with E-state index in [2.05, 4.69) is 29.8 Å². The molecule has 106 valence electrons. The first-order valence-electron chi connectivity index (χ1n) is 6.69. The van der Waals surface area contributed by atoms with Gasteiger partial charge in [0, 0.05) is 22.9 Å². The lowest BCUT2D eigenvalue weighted by molar-refractivity contribution is -0.147. The fraction of sp³-hybridized carbons (Fsp3) is 0.667. The molecule has 2 nitrogen and oxygen atoms in total. The highest BCUT2D eigenvalue weighted by molar-refractivity contribution is 9.10. The Balaban J connectivity index is 2.10. The number of carbonyl (C=O) groups excluding carboxylic acids is 1. The van der Waals surface area contributed by atoms with Gasteiger partial charge in [0.1, 0.15) is 5.60 Å². The molecule has 4 heteroatoms. The normalized spacial score (nSPS) is 21.3. The molecule has 0 saturated heterocycles. The molecule has 1 heterocycles. The molecule has 0 amide bonds. The summed E-state index contributed by atoms with van der Waals surface area (Å²) in [5.74, 6) is 0.230. The maximum absolute atomic E-state index is 12.6. The molecule has 1 aromatic rings. The largest absolute Gasteiger partial charge is 0.370 e. The molecule has 0 N–H and O–H groups in total. The number of hydrogen-bond acceptors (Lipinski definition) is 3. The smallest absolute Gasteiger partial charge is 0.169 e. The molecule has 0 aromatic carbocycles. The van der Waals surface area contributed by atoms with E-state index in [9.17, 15) is 4.79 Å². The third-order valence-corrected chi connectivity index (χ3v) is 6.25. The standard InChI is InChI=1S/C15H21BrO2S/c1-14(2)5-7-15(18-3,8-6-14)13(17)10-12-11(16)4-9-19-12/h4,9H,5-8,10H2,1-3H3. The first kappa shape index (κ1) is 15.2. The van der Waals surface area contributed by atoms with Gasteiger partial charge in [-0.3, -0.25) is 4.79 Å². The van der Waals surface area contributed by atoms with Gasteiger partial charge in [-0.1, -0.05) is 13.8 Å². The maximum atomic E-state index is 12.6. The average Bonchev–Trinajstić information content (AvgIpc) is 2.76. The summed E-state index contributed by atoms with van der Waals surface area (Å²) in [6.07, 6.45) is 4.28. The summed E-state index contributed by atoms with van der Waals surface area (Å²) in [6.45, 7) is 4.54. The van der Waals surface area contributed by atoms with E-state index in [1.807, 2.05) is 11.4 Å². The molecule has 1 aromatic heterocycles. The number of ketones is 1. The van der Waals surface area contributed by atoms with Crippen LogP contribution >= 0.6 is 27.3 Å². The molecule has 19 heavy (non-hydrogen) atoms. The Morgan fingerprint density at radius 3 is 2.47 bits per heavy atom. The molecular formula is C15H21BrO2S. The van der Waals surface area contributed by atoms with Crippen LogP contribution in [0.25, 0.3) is 0 Å². The minimum absolute atomic E-state index is 0.230. The molecule has 0 aliphatic heterocycles. The number of rotatable bonds is 4. The zero-order valence-corrected chi connectivity index (χ0v) is 14.2. The van der Waals surface area contributed by atoms with E-state index in [0.29, 0.717) is 11.8 Å². The molecule has 0 unspecified atom stereocenters. The summed E-state index contributed by atoms with van der Waals surface area (Å²) >= 11 is 5.12. The number of ether oxygens (including phenoxy) is 1. The van der Waals surface area contributed by atoms with Gasteiger partial charge in [0.2, 0.25) is 0 Å². The quantitative estimate of drug-likeness (QED) is 0.797. The van der Waals surface area contributed by atoms with Gasteiger partial charge in [0.05, 0.1) is 0 Å². The number of Topliss-reactive ketones (excluding diaryl/α,β-unsaturated/α-hetero) is 1. The van der Waals surface area contributed by atoms with Crippen LogP contribution in [0.15, 0.2) is 15.9 Å². The fourth-order valence-corrected chi connectivity index (χ4v) is 4.18. The summed E-state index contributed by atoms with van der Waals surface area (Å²) in [4.78, 5) is 13.7. The van der Waals surface area contributed by atoms with Crippen LogP contribution in [0.1, 0.15) is 44.4 Å². The Kier molecular flexibility index (Phi) is 4.53. The van der Waals surface area contributed by atoms with Gasteiger partial charge in [-0.15, -0.1) is 11.3 Å². The van der Waals surface area contributed by atoms with Gasteiger partial charge in [-0.25, -0.2) is 0 Å². The van der Waals surface area contributed by atoms with Crippen LogP contribution in [-0.4, -0.2) is 18.5 Å². The van der Waals surface area contributed by atoms with E-state index in [1.165, 1.54) is 0 Å². The zero-order valence-electron chi connectivity index (χ0n) is 11.8. The summed E-state index contributed by atoms with van der Waals surface area (Å²) in [5, 5.41) is 2.01. The lowest BCUT2D eigenvalue weighted by Crippen LogP contribution is -2.46. The lowest BCUT2D eigenvalue weighted by Gasteiger charge is -2.41. The second kappa shape index (κ2) is 5.66. The van der Waals surface area contributed by atoms with Gasteiger partial charge in [0.25, 0.3) is 0 Å². The SMILES string of the molecule is COC1(C(=O)Cc2sccc2Br)CCC(C)(C)CC1. The highest BCUT2D eigenvalue weighted by Gasteiger charge is 2.43. The number of halogens is 1. The van der Waals surface area contributed by atoms with Crippen molar-refractivity contribution in [2.24, 2.45) is 5.41 Å². The Morgan fingerprint density at radius 1 is 1.37 bits per heavy atom. The van der Waals surface area contributed by atoms with Gasteiger partial charge < -0.3 is 4.74 Å². The van der Waals surface area contributed by atoms with E-state index >= 15 is 0 Å². The van der Waals surface area contributed by atoms with Crippen LogP contribution in [0.4, 0.5) is 0 Å². The number of thiophene rings is 1. The van der Waals surface area contributed by atoms with Gasteiger partial charge in [0.15, 0.2) is 5.78 Å². The highest BCUT2D eigenvalue weighted by Crippen LogP contribution is 2.43. The Bertz CT molecular complexity index is 454. The predicted octanol–water partition coefficient (Wildman–Crippen LogP) is 4.61. The van der Waals surface area contributed by atoms with E-state index in [0.717, 1.165) is 35.0 Å². The van der Waals surface area contributed by atoms with Gasteiger partial charge in [-0.05, 0) is 58.5 Å². The first-order chi connectivity index (χ1) is 8.88. The van der Waals surface area contributed by atoms with Gasteiger partial charge >= 0.3 is 0 Å². The van der Waals surface area contributed by atoms with Crippen LogP contribution < -0.4 is 0 Å². The Labute approximate surface area is 127 Å². The van der Waals surface area contributed by atoms with Crippen molar-refractivity contribution in [3.05, 3.63) is 20.8 Å². The number of carbonyl (C=O) groups is 1. The van der Waals surface area contributed by atoms with Gasteiger partial charge in [-0.2, -0.15) is 0 Å². The molecule has 0 atom stereocenters. The molecule has 0 bridgehead atoms. The Hall–Kier alpha value is -0.190. The summed E-state index contributed by atoms with van der Waals surface area (Å²) in [5.41, 5.74) is -0.217. The van der Waals surface area contributed by atoms with Crippen LogP contribution in [0.5, 0.6) is 0 Å². The molecule has 1 fully saturated rings. The van der Waals surface area contributed by atoms with Crippen molar-refractivity contribution in [2.75, 3.05) is 7.11 Å². The number of methoxy groups -OCH3 is 1. The van der Waals surface area contributed by atoms with E-state index < -0.39 is 5.60 Å². The fourth-order valence-electron chi connectivity index (χ4n) is 2.69. The van der Waals surface area contributed by atoms with Crippen LogP contribution in [-0.2, 0) is 16.0 Å². The molecule has 1 saturated carbocycles. The van der Waals surface area contributed by atoms with E-state index in [4.69, 9.17) is 4.74 Å². The van der Waals surface area contributed by atoms with Crippen molar-refractivity contribution in [1.29, 1.82) is 0 Å². The predicted molar refractivity (Wildman–Crippen MR) is 82.7 cm³/mol. The zero-order chi connectivity index (χ0) is 14.1. The summed E-state index contributed by atoms with van der Waals surface area (Å²) in [6, 6.07) is 2.00. The monoisotopic (exact) mass is 344 g/mol. The van der Waals surface area contributed by atoms with Crippen LogP contribution in [0, 0.1) is 5.41 Å². The van der Waals surface area contributed by atoms with E-state index in [-0.39, 0.29) is 5.78 Å². The number of hydrogen-bond donors (Lipinski definition) is 0. The van der Waals surface area contributed by atoms with Crippen molar-refractivity contribution in [2.45, 2.75) is 51.6 Å². The second-order valence-electron chi connectivity index (χ2n) is 6.15. The van der Waals surface area contributed by atoms with E-state index in [1.54, 1.807) is 18.4 Å². The molecule has 0 radical (unpaired) electrons. The highest BCUT2D eigenvalue weighted by atomic mass is 79.9. The average molecular weight is 345 g/mol. The molecular weight excluding hydrogens is 324 g/mol. The topological polar surface area (TPSA) is 26.3 Å². The van der Waals surface area contributed by atoms with Crippen molar-refractivity contribution < 1.29 is 9.53 Å². The van der Waals surface area contributed by atoms with Crippen LogP contribution in [0.2, 0.25) is 0 Å². The third-order valence-electron chi connectivity index (χ3n) is 4.32. The molecule has 0 spiro atoms. The minimum Gasteiger partial charge on any atom is -0.370 e. The minimum atomic E-state index is -0.557.